The topological polar surface area (TPSA) is 71.6 Å². The number of hydrogen-bond acceptors (Lipinski definition) is 4. The predicted octanol–water partition coefficient (Wildman–Crippen LogP) is 1.77. The van der Waals surface area contributed by atoms with E-state index in [2.05, 4.69) is 52.8 Å². The predicted molar refractivity (Wildman–Crippen MR) is 107 cm³/mol. The molecule has 1 aliphatic heterocycles. The first-order chi connectivity index (χ1) is 13.0. The van der Waals surface area contributed by atoms with Crippen molar-refractivity contribution in [1.29, 1.82) is 0 Å². The Bertz CT molecular complexity index is 885. The first kappa shape index (κ1) is 18.2. The van der Waals surface area contributed by atoms with Crippen molar-refractivity contribution in [2.24, 2.45) is 5.92 Å². The maximum Gasteiger partial charge on any atom is 0.245 e. The SMILES string of the molecule is CC(C)N(NCCO)C(=O)[C@@H]1C=C2c3cccc4[nH]cc(c34)C[C@H]2N(C)C1. The lowest BCUT2D eigenvalue weighted by Crippen LogP contribution is -2.54. The smallest absolute Gasteiger partial charge is 0.245 e. The number of aromatic amines is 1. The van der Waals surface area contributed by atoms with Crippen LogP contribution in [0.4, 0.5) is 0 Å². The van der Waals surface area contributed by atoms with Crippen molar-refractivity contribution in [3.63, 3.8) is 0 Å². The van der Waals surface area contributed by atoms with E-state index in [0.29, 0.717) is 19.1 Å². The molecule has 2 heterocycles. The number of nitrogens with one attached hydrogen (secondary N) is 2. The molecule has 3 N–H and O–H groups in total. The first-order valence-corrected chi connectivity index (χ1v) is 9.70. The van der Waals surface area contributed by atoms with E-state index in [1.165, 1.54) is 22.1 Å². The lowest BCUT2D eigenvalue weighted by atomic mass is 9.79. The average molecular weight is 368 g/mol. The number of amides is 1. The quantitative estimate of drug-likeness (QED) is 0.704. The van der Waals surface area contributed by atoms with Crippen LogP contribution >= 0.6 is 0 Å². The zero-order chi connectivity index (χ0) is 19.1. The van der Waals surface area contributed by atoms with Gasteiger partial charge in [0.1, 0.15) is 0 Å². The Morgan fingerprint density at radius 1 is 1.44 bits per heavy atom. The van der Waals surface area contributed by atoms with E-state index in [-0.39, 0.29) is 24.5 Å². The molecule has 4 rings (SSSR count). The number of rotatable bonds is 5. The van der Waals surface area contributed by atoms with E-state index in [1.54, 1.807) is 5.01 Å². The van der Waals surface area contributed by atoms with Gasteiger partial charge in [-0.05, 0) is 50.1 Å². The second kappa shape index (κ2) is 7.11. The van der Waals surface area contributed by atoms with Gasteiger partial charge in [-0.3, -0.25) is 14.7 Å². The number of benzene rings is 1. The average Bonchev–Trinajstić information content (AvgIpc) is 3.07. The molecule has 0 spiro atoms. The number of fused-ring (bicyclic) bond motifs is 2. The van der Waals surface area contributed by atoms with Crippen LogP contribution in [0.5, 0.6) is 0 Å². The number of hydrogen-bond donors (Lipinski definition) is 3. The summed E-state index contributed by atoms with van der Waals surface area (Å²) in [4.78, 5) is 18.9. The van der Waals surface area contributed by atoms with Crippen molar-refractivity contribution in [3.05, 3.63) is 41.6 Å². The van der Waals surface area contributed by atoms with Crippen LogP contribution in [0.1, 0.15) is 25.0 Å². The van der Waals surface area contributed by atoms with E-state index in [4.69, 9.17) is 5.11 Å². The number of aromatic nitrogens is 1. The molecule has 144 valence electrons. The Morgan fingerprint density at radius 2 is 2.26 bits per heavy atom. The summed E-state index contributed by atoms with van der Waals surface area (Å²) in [5.74, 6) is -0.145. The molecule has 6 heteroatoms. The van der Waals surface area contributed by atoms with Crippen LogP contribution in [0, 0.1) is 5.92 Å². The number of hydrazine groups is 1. The number of likely N-dealkylation sites (N-methyl/N-ethyl adjacent to an activating group) is 1. The molecule has 1 aromatic carbocycles. The molecular weight excluding hydrogens is 340 g/mol. The van der Waals surface area contributed by atoms with E-state index in [9.17, 15) is 4.79 Å². The van der Waals surface area contributed by atoms with Gasteiger partial charge in [-0.15, -0.1) is 0 Å². The molecule has 0 radical (unpaired) electrons. The lowest BCUT2D eigenvalue weighted by Gasteiger charge is -2.41. The van der Waals surface area contributed by atoms with Crippen molar-refractivity contribution < 1.29 is 9.90 Å². The maximum atomic E-state index is 13.2. The van der Waals surface area contributed by atoms with Gasteiger partial charge >= 0.3 is 0 Å². The summed E-state index contributed by atoms with van der Waals surface area (Å²) >= 11 is 0. The molecule has 2 aromatic rings. The van der Waals surface area contributed by atoms with Gasteiger partial charge in [-0.2, -0.15) is 0 Å². The largest absolute Gasteiger partial charge is 0.395 e. The molecule has 0 bridgehead atoms. The van der Waals surface area contributed by atoms with E-state index in [0.717, 1.165) is 11.9 Å². The van der Waals surface area contributed by atoms with Crippen molar-refractivity contribution in [2.45, 2.75) is 32.4 Å². The van der Waals surface area contributed by atoms with Crippen LogP contribution in [-0.4, -0.2) is 64.7 Å². The zero-order valence-electron chi connectivity index (χ0n) is 16.2. The van der Waals surface area contributed by atoms with Crippen LogP contribution < -0.4 is 5.43 Å². The number of nitrogens with zero attached hydrogens (tertiary/aromatic N) is 2. The van der Waals surface area contributed by atoms with Gasteiger partial charge in [0, 0.05) is 42.3 Å². The van der Waals surface area contributed by atoms with Gasteiger partial charge in [-0.25, -0.2) is 5.43 Å². The molecule has 2 aliphatic rings. The maximum absolute atomic E-state index is 13.2. The number of aliphatic hydroxyl groups is 1. The third kappa shape index (κ3) is 3.08. The standard InChI is InChI=1S/C21H28N4O2/c1-13(2)25(23-7-8-26)21(27)15-9-17-16-5-4-6-18-20(16)14(11-22-18)10-19(17)24(3)12-15/h4-6,9,11,13,15,19,22-23,26H,7-8,10,12H2,1-3H3/t15-,19-/m1/s1. The van der Waals surface area contributed by atoms with E-state index in [1.807, 2.05) is 13.8 Å². The Hall–Kier alpha value is -2.15. The number of H-pyrrole nitrogens is 1. The molecule has 2 atom stereocenters. The highest BCUT2D eigenvalue weighted by molar-refractivity contribution is 5.99. The van der Waals surface area contributed by atoms with Crippen molar-refractivity contribution in [1.82, 2.24) is 20.3 Å². The Kier molecular flexibility index (Phi) is 4.80. The van der Waals surface area contributed by atoms with Crippen LogP contribution in [0.2, 0.25) is 0 Å². The number of carbonyl (C=O) groups excluding carboxylic acids is 1. The molecule has 0 unspecified atom stereocenters. The van der Waals surface area contributed by atoms with E-state index < -0.39 is 0 Å². The zero-order valence-corrected chi connectivity index (χ0v) is 16.2. The highest BCUT2D eigenvalue weighted by Gasteiger charge is 2.37. The van der Waals surface area contributed by atoms with Crippen LogP contribution in [0.15, 0.2) is 30.5 Å². The minimum absolute atomic E-state index is 0.00248. The van der Waals surface area contributed by atoms with Gasteiger partial charge < -0.3 is 10.1 Å². The summed E-state index contributed by atoms with van der Waals surface area (Å²) in [7, 11) is 2.11. The summed E-state index contributed by atoms with van der Waals surface area (Å²) in [5.41, 5.74) is 8.07. The monoisotopic (exact) mass is 368 g/mol. The van der Waals surface area contributed by atoms with Crippen LogP contribution in [0.3, 0.4) is 0 Å². The molecule has 1 aromatic heterocycles. The van der Waals surface area contributed by atoms with Crippen molar-refractivity contribution in [3.8, 4) is 0 Å². The highest BCUT2D eigenvalue weighted by atomic mass is 16.3. The second-order valence-corrected chi connectivity index (χ2v) is 7.86. The Labute approximate surface area is 159 Å². The van der Waals surface area contributed by atoms with Gasteiger partial charge in [-0.1, -0.05) is 18.2 Å². The third-order valence-electron chi connectivity index (χ3n) is 5.73. The van der Waals surface area contributed by atoms with Gasteiger partial charge in [0.2, 0.25) is 5.91 Å². The molecule has 1 amide bonds. The molecule has 0 fully saturated rings. The normalized spacial score (nSPS) is 22.0. The fourth-order valence-electron chi connectivity index (χ4n) is 4.47. The second-order valence-electron chi connectivity index (χ2n) is 7.86. The summed E-state index contributed by atoms with van der Waals surface area (Å²) in [6.45, 7) is 5.04. The summed E-state index contributed by atoms with van der Waals surface area (Å²) in [6, 6.07) is 6.69. The molecule has 0 saturated heterocycles. The van der Waals surface area contributed by atoms with Gasteiger partial charge in [0.25, 0.3) is 0 Å². The molecular formula is C21H28N4O2. The fraction of sp³-hybridized carbons (Fsp3) is 0.476. The molecule has 27 heavy (non-hydrogen) atoms. The number of carbonyl (C=O) groups is 1. The fourth-order valence-corrected chi connectivity index (χ4v) is 4.47. The third-order valence-corrected chi connectivity index (χ3v) is 5.73. The molecule has 1 aliphatic carbocycles. The Morgan fingerprint density at radius 3 is 3.00 bits per heavy atom. The minimum atomic E-state index is -0.203. The van der Waals surface area contributed by atoms with Crippen molar-refractivity contribution in [2.75, 3.05) is 26.7 Å². The molecule has 6 nitrogen and oxygen atoms in total. The van der Waals surface area contributed by atoms with Gasteiger partial charge in [0.05, 0.1) is 12.5 Å². The summed E-state index contributed by atoms with van der Waals surface area (Å²) in [6.07, 6.45) is 5.26. The lowest BCUT2D eigenvalue weighted by molar-refractivity contribution is -0.140. The van der Waals surface area contributed by atoms with Gasteiger partial charge in [0.15, 0.2) is 0 Å². The Balaban J connectivity index is 1.71. The molecule has 0 saturated carbocycles. The van der Waals surface area contributed by atoms with Crippen LogP contribution in [0.25, 0.3) is 16.5 Å². The summed E-state index contributed by atoms with van der Waals surface area (Å²) < 4.78 is 0. The van der Waals surface area contributed by atoms with E-state index >= 15 is 0 Å². The van der Waals surface area contributed by atoms with Crippen LogP contribution in [-0.2, 0) is 11.2 Å². The first-order valence-electron chi connectivity index (χ1n) is 9.70. The van der Waals surface area contributed by atoms with Crippen molar-refractivity contribution >= 4 is 22.4 Å². The minimum Gasteiger partial charge on any atom is -0.395 e. The number of aliphatic hydroxyl groups excluding tert-OH is 1. The summed E-state index contributed by atoms with van der Waals surface area (Å²) in [5, 5.41) is 12.1. The highest BCUT2D eigenvalue weighted by Crippen LogP contribution is 2.40.